The van der Waals surface area contributed by atoms with E-state index in [1.54, 1.807) is 0 Å². The van der Waals surface area contributed by atoms with Crippen LogP contribution in [-0.2, 0) is 14.2 Å². The van der Waals surface area contributed by atoms with Crippen molar-refractivity contribution >= 4 is 0 Å². The highest BCUT2D eigenvalue weighted by Crippen LogP contribution is 2.25. The van der Waals surface area contributed by atoms with E-state index in [9.17, 15) is 20.3 Å². The second-order valence-corrected chi connectivity index (χ2v) is 5.07. The van der Waals surface area contributed by atoms with Crippen LogP contribution < -0.4 is 0 Å². The summed E-state index contributed by atoms with van der Waals surface area (Å²) in [6, 6.07) is -1.25. The van der Waals surface area contributed by atoms with E-state index in [1.165, 1.54) is 0 Å². The van der Waals surface area contributed by atoms with Crippen LogP contribution >= 0.6 is 0 Å². The highest BCUT2D eigenvalue weighted by atomic mass is 16.7. The molecule has 2 rings (SSSR count). The van der Waals surface area contributed by atoms with Gasteiger partial charge in [-0.15, -0.1) is 0 Å². The van der Waals surface area contributed by atoms with Crippen molar-refractivity contribution in [2.45, 2.75) is 49.6 Å². The van der Waals surface area contributed by atoms with Gasteiger partial charge >= 0.3 is 0 Å². The Morgan fingerprint density at radius 3 is 2.65 bits per heavy atom. The van der Waals surface area contributed by atoms with E-state index in [-0.39, 0.29) is 26.2 Å². The van der Waals surface area contributed by atoms with Gasteiger partial charge in [-0.2, -0.15) is 0 Å². The molecule has 0 aliphatic carbocycles. The van der Waals surface area contributed by atoms with Gasteiger partial charge in [-0.1, -0.05) is 0 Å². The third-order valence-electron chi connectivity index (χ3n) is 3.45. The Morgan fingerprint density at radius 1 is 1.30 bits per heavy atom. The van der Waals surface area contributed by atoms with E-state index in [4.69, 9.17) is 19.3 Å². The molecule has 0 spiro atoms. The predicted molar refractivity (Wildman–Crippen MR) is 63.5 cm³/mol. The van der Waals surface area contributed by atoms with Gasteiger partial charge in [-0.25, -0.2) is 0 Å². The van der Waals surface area contributed by atoms with Crippen molar-refractivity contribution in [3.8, 4) is 0 Å². The molecular weight excluding hydrogens is 274 g/mol. The first-order chi connectivity index (χ1) is 9.51. The second kappa shape index (κ2) is 6.74. The fraction of sp³-hybridized carbons (Fsp3) is 1.00. The van der Waals surface area contributed by atoms with Crippen LogP contribution in [0.4, 0.5) is 0 Å². The van der Waals surface area contributed by atoms with Crippen LogP contribution in [0.15, 0.2) is 0 Å². The SMILES string of the molecule is O=[N+]([O-])[C@@H]1C[C@H](CO)O[C@H](O[C@H]2COC[C@@H](O)C2)[C@H]1O. The van der Waals surface area contributed by atoms with E-state index >= 15 is 0 Å². The van der Waals surface area contributed by atoms with Crippen LogP contribution in [0.25, 0.3) is 0 Å². The molecule has 2 heterocycles. The van der Waals surface area contributed by atoms with Crippen molar-refractivity contribution in [1.82, 2.24) is 0 Å². The minimum Gasteiger partial charge on any atom is -0.394 e. The first-order valence-corrected chi connectivity index (χ1v) is 6.50. The standard InChI is InChI=1S/C11H19NO8/c13-3-7-2-9(12(16)17)10(15)11(19-7)20-8-1-6(14)4-18-5-8/h6-11,13-15H,1-5H2/t6-,7+,8+,9+,10-,11+/m0/s1. The Hall–Kier alpha value is -0.840. The van der Waals surface area contributed by atoms with Gasteiger partial charge in [0.15, 0.2) is 12.4 Å². The topological polar surface area (TPSA) is 132 Å². The maximum Gasteiger partial charge on any atom is 0.246 e. The molecule has 0 bridgehead atoms. The van der Waals surface area contributed by atoms with Crippen molar-refractivity contribution in [2.24, 2.45) is 0 Å². The lowest BCUT2D eigenvalue weighted by Crippen LogP contribution is -2.55. The van der Waals surface area contributed by atoms with Crippen molar-refractivity contribution in [3.63, 3.8) is 0 Å². The maximum atomic E-state index is 10.9. The largest absolute Gasteiger partial charge is 0.394 e. The maximum absolute atomic E-state index is 10.9. The summed E-state index contributed by atoms with van der Waals surface area (Å²) >= 11 is 0. The zero-order valence-electron chi connectivity index (χ0n) is 10.8. The van der Waals surface area contributed by atoms with Gasteiger partial charge in [-0.3, -0.25) is 10.1 Å². The van der Waals surface area contributed by atoms with Crippen LogP contribution in [0.1, 0.15) is 12.8 Å². The summed E-state index contributed by atoms with van der Waals surface area (Å²) in [6.45, 7) is 0.0437. The van der Waals surface area contributed by atoms with Crippen LogP contribution in [-0.4, -0.2) is 76.8 Å². The first-order valence-electron chi connectivity index (χ1n) is 6.50. The molecule has 9 nitrogen and oxygen atoms in total. The second-order valence-electron chi connectivity index (χ2n) is 5.07. The van der Waals surface area contributed by atoms with Gasteiger partial charge in [0, 0.05) is 17.8 Å². The van der Waals surface area contributed by atoms with Crippen LogP contribution in [0, 0.1) is 10.1 Å². The Kier molecular flexibility index (Phi) is 5.24. The molecule has 0 unspecified atom stereocenters. The van der Waals surface area contributed by atoms with E-state index in [0.717, 1.165) is 0 Å². The molecule has 2 aliphatic rings. The van der Waals surface area contributed by atoms with E-state index in [0.29, 0.717) is 6.42 Å². The molecular formula is C11H19NO8. The lowest BCUT2D eigenvalue weighted by Gasteiger charge is -2.37. The van der Waals surface area contributed by atoms with Crippen LogP contribution in [0.3, 0.4) is 0 Å². The summed E-state index contributed by atoms with van der Waals surface area (Å²) < 4.78 is 15.9. The van der Waals surface area contributed by atoms with Gasteiger partial charge < -0.3 is 29.5 Å². The van der Waals surface area contributed by atoms with Crippen molar-refractivity contribution in [1.29, 1.82) is 0 Å². The lowest BCUT2D eigenvalue weighted by atomic mass is 10.0. The third kappa shape index (κ3) is 3.62. The number of nitro groups is 1. The first kappa shape index (κ1) is 15.5. The molecule has 0 aromatic rings. The smallest absolute Gasteiger partial charge is 0.246 e. The zero-order chi connectivity index (χ0) is 14.7. The molecule has 3 N–H and O–H groups in total. The lowest BCUT2D eigenvalue weighted by molar-refractivity contribution is -0.552. The van der Waals surface area contributed by atoms with Gasteiger partial charge in [0.2, 0.25) is 6.04 Å². The Morgan fingerprint density at radius 2 is 2.05 bits per heavy atom. The minimum atomic E-state index is -1.42. The van der Waals surface area contributed by atoms with Crippen molar-refractivity contribution < 1.29 is 34.5 Å². The number of rotatable bonds is 4. The molecule has 0 aromatic carbocycles. The zero-order valence-corrected chi connectivity index (χ0v) is 10.8. The average Bonchev–Trinajstić information content (AvgIpc) is 2.40. The van der Waals surface area contributed by atoms with Crippen molar-refractivity contribution in [3.05, 3.63) is 10.1 Å². The summed E-state index contributed by atoms with van der Waals surface area (Å²) in [5, 5.41) is 39.4. The molecule has 2 saturated heterocycles. The fourth-order valence-electron chi connectivity index (χ4n) is 2.42. The molecule has 0 radical (unpaired) electrons. The van der Waals surface area contributed by atoms with Gasteiger partial charge in [0.05, 0.1) is 38.1 Å². The van der Waals surface area contributed by atoms with Crippen molar-refractivity contribution in [2.75, 3.05) is 19.8 Å². The molecule has 2 fully saturated rings. The Labute approximate surface area is 115 Å². The summed E-state index contributed by atoms with van der Waals surface area (Å²) in [5.41, 5.74) is 0. The number of aliphatic hydroxyl groups is 3. The average molecular weight is 293 g/mol. The predicted octanol–water partition coefficient (Wildman–Crippen LogP) is -1.73. The molecule has 116 valence electrons. The van der Waals surface area contributed by atoms with E-state index in [2.05, 4.69) is 0 Å². The molecule has 9 heteroatoms. The summed E-state index contributed by atoms with van der Waals surface area (Å²) in [7, 11) is 0. The van der Waals surface area contributed by atoms with E-state index < -0.39 is 41.7 Å². The van der Waals surface area contributed by atoms with E-state index in [1.807, 2.05) is 0 Å². The molecule has 0 saturated carbocycles. The molecule has 0 amide bonds. The van der Waals surface area contributed by atoms with Gasteiger partial charge in [0.1, 0.15) is 0 Å². The Balaban J connectivity index is 1.98. The summed E-state index contributed by atoms with van der Waals surface area (Å²) in [4.78, 5) is 10.3. The summed E-state index contributed by atoms with van der Waals surface area (Å²) in [6.07, 6.45) is -4.35. The van der Waals surface area contributed by atoms with Crippen LogP contribution in [0.2, 0.25) is 0 Å². The minimum absolute atomic E-state index is 0.0751. The van der Waals surface area contributed by atoms with Crippen LogP contribution in [0.5, 0.6) is 0 Å². The Bertz CT molecular complexity index is 340. The number of hydrogen-bond acceptors (Lipinski definition) is 8. The van der Waals surface area contributed by atoms with Gasteiger partial charge in [0.25, 0.3) is 0 Å². The molecule has 0 aromatic heterocycles. The highest BCUT2D eigenvalue weighted by molar-refractivity contribution is 4.83. The fourth-order valence-corrected chi connectivity index (χ4v) is 2.42. The quantitative estimate of drug-likeness (QED) is 0.411. The summed E-state index contributed by atoms with van der Waals surface area (Å²) in [5.74, 6) is 0. The molecule has 2 aliphatic heterocycles. The normalized spacial score (nSPS) is 42.4. The molecule has 6 atom stereocenters. The molecule has 20 heavy (non-hydrogen) atoms. The number of hydrogen-bond donors (Lipinski definition) is 3. The monoisotopic (exact) mass is 293 g/mol. The van der Waals surface area contributed by atoms with Gasteiger partial charge in [-0.05, 0) is 0 Å². The number of ether oxygens (including phenoxy) is 3. The number of aliphatic hydroxyl groups excluding tert-OH is 3. The number of nitrogens with zero attached hydrogens (tertiary/aromatic N) is 1. The third-order valence-corrected chi connectivity index (χ3v) is 3.45. The highest BCUT2D eigenvalue weighted by Gasteiger charge is 2.46.